The van der Waals surface area contributed by atoms with Gasteiger partial charge >= 0.3 is 6.18 Å². The molecule has 11 heteroatoms. The van der Waals surface area contributed by atoms with E-state index in [1.807, 2.05) is 6.07 Å². The van der Waals surface area contributed by atoms with Crippen LogP contribution >= 0.6 is 23.2 Å². The van der Waals surface area contributed by atoms with Gasteiger partial charge in [0.2, 0.25) is 11.8 Å². The fourth-order valence-corrected chi connectivity index (χ4v) is 5.00. The molecule has 34 heavy (non-hydrogen) atoms. The number of benzene rings is 1. The normalized spacial score (nSPS) is 20.9. The van der Waals surface area contributed by atoms with Gasteiger partial charge in [-0.25, -0.2) is 0 Å². The quantitative estimate of drug-likeness (QED) is 0.613. The molecule has 2 aliphatic rings. The third-order valence-corrected chi connectivity index (χ3v) is 7.15. The Kier molecular flexibility index (Phi) is 6.96. The monoisotopic (exact) mass is 514 g/mol. The molecule has 3 atom stereocenters. The lowest BCUT2D eigenvalue weighted by Crippen LogP contribution is -2.47. The van der Waals surface area contributed by atoms with Gasteiger partial charge in [-0.3, -0.25) is 14.6 Å². The maximum atomic E-state index is 14.0. The van der Waals surface area contributed by atoms with Gasteiger partial charge in [-0.05, 0) is 48.6 Å². The van der Waals surface area contributed by atoms with E-state index in [4.69, 9.17) is 23.2 Å². The van der Waals surface area contributed by atoms with Crippen molar-refractivity contribution in [2.24, 2.45) is 5.92 Å². The minimum atomic E-state index is -4.71. The molecule has 2 aromatic rings. The summed E-state index contributed by atoms with van der Waals surface area (Å²) in [5.41, 5.74) is 2.33. The third-order valence-electron chi connectivity index (χ3n) is 6.31. The fraction of sp³-hybridized carbons (Fsp3) is 0.435. The molecule has 0 spiro atoms. The summed E-state index contributed by atoms with van der Waals surface area (Å²) in [6, 6.07) is 4.28. The summed E-state index contributed by atoms with van der Waals surface area (Å²) in [5, 5.41) is 6.82. The van der Waals surface area contributed by atoms with Crippen LogP contribution < -0.4 is 10.6 Å². The Morgan fingerprint density at radius 1 is 1.24 bits per heavy atom. The number of nitrogens with one attached hydrogen (secondary N) is 2. The summed E-state index contributed by atoms with van der Waals surface area (Å²) in [7, 11) is 1.12. The summed E-state index contributed by atoms with van der Waals surface area (Å²) < 4.78 is 41.9. The van der Waals surface area contributed by atoms with Crippen molar-refractivity contribution in [2.75, 3.05) is 18.9 Å². The van der Waals surface area contributed by atoms with Crippen molar-refractivity contribution in [3.8, 4) is 0 Å². The second-order valence-electron chi connectivity index (χ2n) is 8.65. The van der Waals surface area contributed by atoms with Gasteiger partial charge in [0.25, 0.3) is 0 Å². The Morgan fingerprint density at radius 2 is 2.00 bits per heavy atom. The van der Waals surface area contributed by atoms with Crippen LogP contribution in [0.25, 0.3) is 0 Å². The molecule has 182 valence electrons. The zero-order chi connectivity index (χ0) is 24.6. The Balaban J connectivity index is 1.46. The molecule has 1 fully saturated rings. The largest absolute Gasteiger partial charge is 0.414 e. The van der Waals surface area contributed by atoms with E-state index in [0.717, 1.165) is 18.2 Å². The first-order valence-corrected chi connectivity index (χ1v) is 11.6. The molecule has 2 amide bonds. The number of nitrogens with zero attached hydrogens (tertiary/aromatic N) is 2. The highest BCUT2D eigenvalue weighted by atomic mass is 35.5. The van der Waals surface area contributed by atoms with E-state index in [-0.39, 0.29) is 37.0 Å². The number of halogens is 5. The van der Waals surface area contributed by atoms with Crippen molar-refractivity contribution in [3.63, 3.8) is 0 Å². The molecule has 1 aliphatic heterocycles. The number of rotatable bonds is 5. The molecule has 2 heterocycles. The standard InChI is InChI=1S/C23H23Cl2F3N4O2/c1-32(22(34)13-3-7-19(33)30-10-13)21(23(26,27)28)18-6-4-14(11-29-18)31-15-8-12-2-5-17(24)20(25)16(12)9-15/h2,4-6,11,13,15,21,31H,3,7-10H2,1H3,(H,30,33)/t13-,15?,21-/m0/s1. The van der Waals surface area contributed by atoms with Gasteiger partial charge in [-0.15, -0.1) is 0 Å². The van der Waals surface area contributed by atoms with Gasteiger partial charge < -0.3 is 15.5 Å². The fourth-order valence-electron chi connectivity index (χ4n) is 4.56. The van der Waals surface area contributed by atoms with Crippen molar-refractivity contribution in [1.29, 1.82) is 0 Å². The summed E-state index contributed by atoms with van der Waals surface area (Å²) in [6.07, 6.45) is -1.71. The number of fused-ring (bicyclic) bond motifs is 1. The Morgan fingerprint density at radius 3 is 2.62 bits per heavy atom. The molecule has 0 bridgehead atoms. The number of anilines is 1. The topological polar surface area (TPSA) is 74.3 Å². The molecule has 2 N–H and O–H groups in total. The van der Waals surface area contributed by atoms with Gasteiger partial charge in [-0.2, -0.15) is 13.2 Å². The Bertz CT molecular complexity index is 1080. The number of hydrogen-bond donors (Lipinski definition) is 2. The van der Waals surface area contributed by atoms with E-state index in [1.165, 1.54) is 18.3 Å². The highest BCUT2D eigenvalue weighted by Crippen LogP contribution is 2.38. The number of pyridine rings is 1. The van der Waals surface area contributed by atoms with Crippen LogP contribution in [0.1, 0.15) is 35.7 Å². The minimum Gasteiger partial charge on any atom is -0.380 e. The molecule has 0 radical (unpaired) electrons. The number of piperidine rings is 1. The van der Waals surface area contributed by atoms with Crippen molar-refractivity contribution in [2.45, 2.75) is 43.9 Å². The van der Waals surface area contributed by atoms with Crippen LogP contribution in [0.4, 0.5) is 18.9 Å². The van der Waals surface area contributed by atoms with E-state index < -0.39 is 24.0 Å². The Labute approximate surface area is 204 Å². The lowest BCUT2D eigenvalue weighted by Gasteiger charge is -2.33. The summed E-state index contributed by atoms with van der Waals surface area (Å²) in [4.78, 5) is 28.8. The second kappa shape index (κ2) is 9.62. The minimum absolute atomic E-state index is 0.00259. The van der Waals surface area contributed by atoms with E-state index in [2.05, 4.69) is 15.6 Å². The summed E-state index contributed by atoms with van der Waals surface area (Å²) >= 11 is 12.4. The van der Waals surface area contributed by atoms with Crippen LogP contribution in [0.5, 0.6) is 0 Å². The number of carbonyl (C=O) groups excluding carboxylic acids is 2. The molecule has 1 aromatic carbocycles. The van der Waals surface area contributed by atoms with Gasteiger partial charge in [0.1, 0.15) is 0 Å². The van der Waals surface area contributed by atoms with Gasteiger partial charge in [0, 0.05) is 26.1 Å². The van der Waals surface area contributed by atoms with E-state index in [1.54, 1.807) is 6.07 Å². The maximum Gasteiger partial charge on any atom is 0.414 e. The molecule has 1 unspecified atom stereocenters. The van der Waals surface area contributed by atoms with Crippen LogP contribution in [0.3, 0.4) is 0 Å². The molecule has 1 saturated heterocycles. The lowest BCUT2D eigenvalue weighted by molar-refractivity contribution is -0.191. The highest BCUT2D eigenvalue weighted by Gasteiger charge is 2.47. The van der Waals surface area contributed by atoms with Crippen molar-refractivity contribution in [1.82, 2.24) is 15.2 Å². The van der Waals surface area contributed by atoms with E-state index >= 15 is 0 Å². The van der Waals surface area contributed by atoms with Crippen molar-refractivity contribution in [3.05, 3.63) is 57.3 Å². The highest BCUT2D eigenvalue weighted by molar-refractivity contribution is 6.42. The number of amides is 2. The predicted molar refractivity (Wildman–Crippen MR) is 123 cm³/mol. The number of alkyl halides is 3. The zero-order valence-electron chi connectivity index (χ0n) is 18.3. The van der Waals surface area contributed by atoms with Crippen molar-refractivity contribution >= 4 is 40.7 Å². The summed E-state index contributed by atoms with van der Waals surface area (Å²) in [5.74, 6) is -1.58. The lowest BCUT2D eigenvalue weighted by atomic mass is 9.96. The van der Waals surface area contributed by atoms with Gasteiger partial charge in [-0.1, -0.05) is 29.3 Å². The maximum absolute atomic E-state index is 14.0. The third kappa shape index (κ3) is 5.10. The number of carbonyl (C=O) groups is 2. The number of aromatic nitrogens is 1. The zero-order valence-corrected chi connectivity index (χ0v) is 19.8. The first-order chi connectivity index (χ1) is 16.0. The first kappa shape index (κ1) is 24.6. The Hall–Kier alpha value is -2.52. The molecular formula is C23H23Cl2F3N4O2. The first-order valence-electron chi connectivity index (χ1n) is 10.8. The average Bonchev–Trinajstić information content (AvgIpc) is 3.20. The predicted octanol–water partition coefficient (Wildman–Crippen LogP) is 4.56. The molecule has 1 aliphatic carbocycles. The van der Waals surface area contributed by atoms with Crippen LogP contribution in [0.15, 0.2) is 30.5 Å². The van der Waals surface area contributed by atoms with Gasteiger partial charge in [0.15, 0.2) is 6.04 Å². The van der Waals surface area contributed by atoms with Crippen LogP contribution in [0, 0.1) is 5.92 Å². The van der Waals surface area contributed by atoms with E-state index in [0.29, 0.717) is 33.5 Å². The smallest absolute Gasteiger partial charge is 0.380 e. The molecule has 0 saturated carbocycles. The van der Waals surface area contributed by atoms with E-state index in [9.17, 15) is 22.8 Å². The molecular weight excluding hydrogens is 492 g/mol. The number of hydrogen-bond acceptors (Lipinski definition) is 4. The van der Waals surface area contributed by atoms with Crippen LogP contribution in [-0.4, -0.2) is 47.5 Å². The van der Waals surface area contributed by atoms with Crippen molar-refractivity contribution < 1.29 is 22.8 Å². The average molecular weight is 515 g/mol. The molecule has 6 nitrogen and oxygen atoms in total. The SMILES string of the molecule is CN(C(=O)[C@H]1CCC(=O)NC1)[C@@H](c1ccc(NC2Cc3ccc(Cl)c(Cl)c3C2)cn1)C(F)(F)F. The molecule has 4 rings (SSSR count). The second-order valence-corrected chi connectivity index (χ2v) is 9.44. The van der Waals surface area contributed by atoms with Gasteiger partial charge in [0.05, 0.1) is 33.5 Å². The summed E-state index contributed by atoms with van der Waals surface area (Å²) in [6.45, 7) is 0.0296. The van der Waals surface area contributed by atoms with Crippen LogP contribution in [0.2, 0.25) is 10.0 Å². The van der Waals surface area contributed by atoms with Crippen LogP contribution in [-0.2, 0) is 22.4 Å². The molecule has 1 aromatic heterocycles.